The number of aromatic amines is 1. The molecule has 0 aliphatic carbocycles. The summed E-state index contributed by atoms with van der Waals surface area (Å²) in [5.41, 5.74) is 5.98. The summed E-state index contributed by atoms with van der Waals surface area (Å²) < 4.78 is 0. The van der Waals surface area contributed by atoms with Gasteiger partial charge in [0.15, 0.2) is 5.11 Å². The van der Waals surface area contributed by atoms with Gasteiger partial charge in [0.1, 0.15) is 0 Å². The number of aromatic nitrogens is 1. The summed E-state index contributed by atoms with van der Waals surface area (Å²) in [6.07, 6.45) is 1.66. The number of fused-ring (bicyclic) bond motifs is 1. The van der Waals surface area contributed by atoms with E-state index in [2.05, 4.69) is 10.3 Å². The molecule has 0 aliphatic heterocycles. The van der Waals surface area contributed by atoms with Crippen LogP contribution >= 0.6 is 12.2 Å². The van der Waals surface area contributed by atoms with Crippen molar-refractivity contribution in [1.29, 1.82) is 0 Å². The molecule has 0 fully saturated rings. The Bertz CT molecular complexity index is 576. The minimum atomic E-state index is -0.153. The molecule has 2 rings (SSSR count). The highest BCUT2D eigenvalue weighted by Gasteiger charge is 2.01. The maximum absolute atomic E-state index is 11.2. The van der Waals surface area contributed by atoms with Gasteiger partial charge in [-0.05, 0) is 18.3 Å². The van der Waals surface area contributed by atoms with Crippen LogP contribution in [-0.4, -0.2) is 10.1 Å². The van der Waals surface area contributed by atoms with E-state index in [0.29, 0.717) is 0 Å². The van der Waals surface area contributed by atoms with Crippen molar-refractivity contribution in [2.75, 3.05) is 5.32 Å². The fraction of sp³-hybridized carbons (Fsp3) is 0. The van der Waals surface area contributed by atoms with Crippen LogP contribution in [0, 0.1) is 0 Å². The lowest BCUT2D eigenvalue weighted by Crippen LogP contribution is -2.19. The van der Waals surface area contributed by atoms with Crippen LogP contribution in [0.15, 0.2) is 35.3 Å². The van der Waals surface area contributed by atoms with E-state index in [-0.39, 0.29) is 10.7 Å². The molecule has 2 aromatic rings. The molecule has 0 atom stereocenters. The summed E-state index contributed by atoms with van der Waals surface area (Å²) >= 11 is 4.75. The van der Waals surface area contributed by atoms with Crippen LogP contribution < -0.4 is 16.6 Å². The average Bonchev–Trinajstić information content (AvgIpc) is 2.18. The highest BCUT2D eigenvalue weighted by atomic mass is 32.1. The van der Waals surface area contributed by atoms with Gasteiger partial charge in [-0.25, -0.2) is 0 Å². The first-order chi connectivity index (χ1) is 7.16. The van der Waals surface area contributed by atoms with Crippen molar-refractivity contribution in [3.8, 4) is 0 Å². The number of H-pyrrole nitrogens is 1. The fourth-order valence-corrected chi connectivity index (χ4v) is 1.54. The average molecular weight is 219 g/mol. The number of nitrogens with one attached hydrogen (secondary N) is 2. The van der Waals surface area contributed by atoms with Crippen LogP contribution in [0.2, 0.25) is 0 Å². The van der Waals surface area contributed by atoms with Gasteiger partial charge in [0.2, 0.25) is 5.56 Å². The van der Waals surface area contributed by atoms with Gasteiger partial charge in [-0.2, -0.15) is 0 Å². The Hall–Kier alpha value is -1.88. The van der Waals surface area contributed by atoms with Gasteiger partial charge < -0.3 is 16.0 Å². The summed E-state index contributed by atoms with van der Waals surface area (Å²) in [6.45, 7) is 0. The van der Waals surface area contributed by atoms with Crippen LogP contribution in [0.1, 0.15) is 0 Å². The standard InChI is InChI=1S/C10H9N3OS/c11-10(15)13-8-3-1-2-6-5-12-9(14)4-7(6)8/h1-5H,(H,12,14)(H3,11,13,15). The van der Waals surface area contributed by atoms with Gasteiger partial charge in [0, 0.05) is 28.7 Å². The lowest BCUT2D eigenvalue weighted by Gasteiger charge is -2.06. The number of hydrogen-bond acceptors (Lipinski definition) is 2. The molecule has 4 nitrogen and oxygen atoms in total. The molecule has 15 heavy (non-hydrogen) atoms. The number of benzene rings is 1. The smallest absolute Gasteiger partial charge is 0.248 e. The molecule has 1 heterocycles. The minimum absolute atomic E-state index is 0.153. The molecule has 1 aromatic carbocycles. The first-order valence-electron chi connectivity index (χ1n) is 4.35. The van der Waals surface area contributed by atoms with Crippen LogP contribution in [0.5, 0.6) is 0 Å². The lowest BCUT2D eigenvalue weighted by atomic mass is 10.1. The van der Waals surface area contributed by atoms with E-state index >= 15 is 0 Å². The zero-order chi connectivity index (χ0) is 10.8. The predicted molar refractivity (Wildman–Crippen MR) is 65.0 cm³/mol. The Morgan fingerprint density at radius 1 is 1.47 bits per heavy atom. The molecule has 0 unspecified atom stereocenters. The quantitative estimate of drug-likeness (QED) is 0.630. The summed E-state index contributed by atoms with van der Waals surface area (Å²) in [7, 11) is 0. The van der Waals surface area contributed by atoms with Crippen LogP contribution in [0.3, 0.4) is 0 Å². The van der Waals surface area contributed by atoms with Gasteiger partial charge in [0.05, 0.1) is 0 Å². The largest absolute Gasteiger partial charge is 0.376 e. The number of nitrogens with two attached hydrogens (primary N) is 1. The van der Waals surface area contributed by atoms with Crippen molar-refractivity contribution in [1.82, 2.24) is 4.98 Å². The van der Waals surface area contributed by atoms with Gasteiger partial charge in [-0.3, -0.25) is 4.79 Å². The highest BCUT2D eigenvalue weighted by Crippen LogP contribution is 2.20. The van der Waals surface area contributed by atoms with Gasteiger partial charge >= 0.3 is 0 Å². The second-order valence-corrected chi connectivity index (χ2v) is 3.53. The first-order valence-corrected chi connectivity index (χ1v) is 4.75. The van der Waals surface area contributed by atoms with Gasteiger partial charge in [0.25, 0.3) is 0 Å². The second kappa shape index (κ2) is 3.70. The van der Waals surface area contributed by atoms with Crippen molar-refractivity contribution in [3.63, 3.8) is 0 Å². The van der Waals surface area contributed by atoms with Crippen molar-refractivity contribution in [2.45, 2.75) is 0 Å². The van der Waals surface area contributed by atoms with Crippen molar-refractivity contribution < 1.29 is 0 Å². The number of rotatable bonds is 1. The molecule has 0 saturated heterocycles. The number of hydrogen-bond donors (Lipinski definition) is 3. The van der Waals surface area contributed by atoms with Crippen molar-refractivity contribution >= 4 is 33.8 Å². The Labute approximate surface area is 91.1 Å². The molecule has 0 bridgehead atoms. The van der Waals surface area contributed by atoms with Gasteiger partial charge in [-0.1, -0.05) is 12.1 Å². The Morgan fingerprint density at radius 3 is 3.00 bits per heavy atom. The van der Waals surface area contributed by atoms with Crippen LogP contribution in [-0.2, 0) is 0 Å². The fourth-order valence-electron chi connectivity index (χ4n) is 1.43. The van der Waals surface area contributed by atoms with E-state index in [9.17, 15) is 4.79 Å². The third-order valence-electron chi connectivity index (χ3n) is 2.04. The molecular formula is C10H9N3OS. The van der Waals surface area contributed by atoms with E-state index in [4.69, 9.17) is 18.0 Å². The molecule has 5 heteroatoms. The highest BCUT2D eigenvalue weighted by molar-refractivity contribution is 7.80. The SMILES string of the molecule is NC(=S)Nc1cccc2c[nH]c(=O)cc12. The van der Waals surface area contributed by atoms with Crippen LogP contribution in [0.4, 0.5) is 5.69 Å². The maximum Gasteiger partial charge on any atom is 0.248 e. The molecule has 0 amide bonds. The molecule has 4 N–H and O–H groups in total. The van der Waals surface area contributed by atoms with Crippen molar-refractivity contribution in [3.05, 3.63) is 40.8 Å². The molecule has 0 spiro atoms. The Kier molecular flexibility index (Phi) is 2.39. The number of anilines is 1. The lowest BCUT2D eigenvalue weighted by molar-refractivity contribution is 1.27. The second-order valence-electron chi connectivity index (χ2n) is 3.09. The summed E-state index contributed by atoms with van der Waals surface area (Å²) in [6, 6.07) is 7.09. The predicted octanol–water partition coefficient (Wildman–Crippen LogP) is 1.18. The zero-order valence-electron chi connectivity index (χ0n) is 7.78. The molecule has 1 aromatic heterocycles. The molecule has 0 radical (unpaired) electrons. The summed E-state index contributed by atoms with van der Waals surface area (Å²) in [5.74, 6) is 0. The molecule has 76 valence electrons. The normalized spacial score (nSPS) is 10.1. The summed E-state index contributed by atoms with van der Waals surface area (Å²) in [5, 5.41) is 4.74. The van der Waals surface area contributed by atoms with E-state index in [0.717, 1.165) is 16.5 Å². The van der Waals surface area contributed by atoms with Gasteiger partial charge in [-0.15, -0.1) is 0 Å². The van der Waals surface area contributed by atoms with Crippen molar-refractivity contribution in [2.24, 2.45) is 5.73 Å². The van der Waals surface area contributed by atoms with Crippen LogP contribution in [0.25, 0.3) is 10.8 Å². The molecular weight excluding hydrogens is 210 g/mol. The maximum atomic E-state index is 11.2. The van der Waals surface area contributed by atoms with E-state index in [1.807, 2.05) is 18.2 Å². The Morgan fingerprint density at radius 2 is 2.27 bits per heavy atom. The Balaban J connectivity index is 2.68. The number of thiocarbonyl (C=S) groups is 1. The topological polar surface area (TPSA) is 70.9 Å². The minimum Gasteiger partial charge on any atom is -0.376 e. The zero-order valence-corrected chi connectivity index (χ0v) is 8.60. The molecule has 0 saturated carbocycles. The third-order valence-corrected chi connectivity index (χ3v) is 2.15. The molecule has 0 aliphatic rings. The monoisotopic (exact) mass is 219 g/mol. The van der Waals surface area contributed by atoms with E-state index < -0.39 is 0 Å². The van der Waals surface area contributed by atoms with E-state index in [1.165, 1.54) is 6.07 Å². The summed E-state index contributed by atoms with van der Waals surface area (Å²) in [4.78, 5) is 13.8. The third kappa shape index (κ3) is 1.97. The number of pyridine rings is 1. The van der Waals surface area contributed by atoms with E-state index in [1.54, 1.807) is 6.20 Å². The first kappa shape index (κ1) is 9.67.